The van der Waals surface area contributed by atoms with E-state index in [1.165, 1.54) is 44.9 Å². The van der Waals surface area contributed by atoms with E-state index in [1.807, 2.05) is 0 Å². The van der Waals surface area contributed by atoms with Crippen molar-refractivity contribution in [1.29, 1.82) is 0 Å². The van der Waals surface area contributed by atoms with Gasteiger partial charge in [0.2, 0.25) is 0 Å². The maximum atomic E-state index is 10.4. The fourth-order valence-corrected chi connectivity index (χ4v) is 12.5. The van der Waals surface area contributed by atoms with E-state index >= 15 is 0 Å². The molecule has 8 fully saturated rings. The van der Waals surface area contributed by atoms with E-state index in [9.17, 15) is 10.2 Å². The van der Waals surface area contributed by atoms with Gasteiger partial charge in [-0.25, -0.2) is 0 Å². The minimum atomic E-state index is -0.562. The Morgan fingerprint density at radius 1 is 0.321 bits per heavy atom. The highest BCUT2D eigenvalue weighted by Gasteiger charge is 2.65. The summed E-state index contributed by atoms with van der Waals surface area (Å²) in [4.78, 5) is 0. The highest BCUT2D eigenvalue weighted by Crippen LogP contribution is 2.73. The molecule has 28 heavy (non-hydrogen) atoms. The molecule has 2 nitrogen and oxygen atoms in total. The molecule has 0 radical (unpaired) electrons. The molecule has 8 bridgehead atoms. The van der Waals surface area contributed by atoms with E-state index in [4.69, 9.17) is 0 Å². The van der Waals surface area contributed by atoms with Gasteiger partial charge in [0.15, 0.2) is 0 Å². The maximum Gasteiger partial charge on any atom is 0.0685 e. The van der Waals surface area contributed by atoms with Crippen LogP contribution in [-0.2, 0) is 0 Å². The van der Waals surface area contributed by atoms with Gasteiger partial charge in [0.25, 0.3) is 0 Å². The van der Waals surface area contributed by atoms with Gasteiger partial charge in [-0.3, -0.25) is 0 Å². The molecule has 2 heteroatoms. The van der Waals surface area contributed by atoms with E-state index < -0.39 is 11.2 Å². The Hall–Kier alpha value is -0.0800. The molecule has 160 valence electrons. The molecule has 0 amide bonds. The van der Waals surface area contributed by atoms with E-state index in [-0.39, 0.29) is 10.8 Å². The standard InChI is InChI=1S/C14H24.C12H20O2/c1-11-5-12(2)8-13(3,6-11)10-14(4,7-11)9-12;1-9-3-10(2)6-11(13,4-9)8-12(14,5-9)7-10/h5-10H2,1-4H3;13-14H,3-8H2,1-2H3. The maximum absolute atomic E-state index is 10.4. The summed E-state index contributed by atoms with van der Waals surface area (Å²) in [7, 11) is 0. The molecule has 0 heterocycles. The Morgan fingerprint density at radius 3 is 0.679 bits per heavy atom. The molecule has 0 aromatic carbocycles. The van der Waals surface area contributed by atoms with Gasteiger partial charge in [0, 0.05) is 6.42 Å². The molecule has 0 unspecified atom stereocenters. The SMILES string of the molecule is CC12CC3(C)CC(C)(C1)CC(C)(C2)C3.CC12CC3(C)CC(O)(C1)CC(O)(C2)C3. The zero-order chi connectivity index (χ0) is 20.5. The van der Waals surface area contributed by atoms with Crippen LogP contribution in [-0.4, -0.2) is 21.4 Å². The van der Waals surface area contributed by atoms with Crippen LogP contribution in [0.1, 0.15) is 119 Å². The van der Waals surface area contributed by atoms with Crippen molar-refractivity contribution in [2.24, 2.45) is 32.5 Å². The third-order valence-electron chi connectivity index (χ3n) is 9.66. The predicted molar refractivity (Wildman–Crippen MR) is 114 cm³/mol. The molecule has 0 aromatic rings. The highest BCUT2D eigenvalue weighted by atomic mass is 16.3. The number of rotatable bonds is 0. The van der Waals surface area contributed by atoms with Crippen molar-refractivity contribution >= 4 is 0 Å². The van der Waals surface area contributed by atoms with Crippen LogP contribution in [0.25, 0.3) is 0 Å². The summed E-state index contributed by atoms with van der Waals surface area (Å²) in [5, 5.41) is 20.9. The van der Waals surface area contributed by atoms with Crippen molar-refractivity contribution in [1.82, 2.24) is 0 Å². The highest BCUT2D eigenvalue weighted by molar-refractivity contribution is 5.17. The molecular weight excluding hydrogens is 344 g/mol. The molecule has 0 saturated heterocycles. The first-order chi connectivity index (χ1) is 12.5. The molecule has 8 aliphatic rings. The fraction of sp³-hybridized carbons (Fsp3) is 1.00. The predicted octanol–water partition coefficient (Wildman–Crippen LogP) is 6.24. The van der Waals surface area contributed by atoms with Gasteiger partial charge in [0.05, 0.1) is 11.2 Å². The lowest BCUT2D eigenvalue weighted by molar-refractivity contribution is -0.251. The van der Waals surface area contributed by atoms with Crippen LogP contribution in [0.4, 0.5) is 0 Å². The molecule has 0 spiro atoms. The van der Waals surface area contributed by atoms with Crippen LogP contribution < -0.4 is 0 Å². The quantitative estimate of drug-likeness (QED) is 0.516. The zero-order valence-electron chi connectivity index (χ0n) is 19.4. The lowest BCUT2D eigenvalue weighted by atomic mass is 9.37. The second-order valence-electron chi connectivity index (χ2n) is 15.4. The van der Waals surface area contributed by atoms with Crippen LogP contribution in [0.5, 0.6) is 0 Å². The van der Waals surface area contributed by atoms with Gasteiger partial charge in [-0.05, 0) is 103 Å². The topological polar surface area (TPSA) is 40.5 Å². The molecule has 8 saturated carbocycles. The van der Waals surface area contributed by atoms with Crippen molar-refractivity contribution in [2.45, 2.75) is 130 Å². The Labute approximate surface area is 172 Å². The summed E-state index contributed by atoms with van der Waals surface area (Å²) < 4.78 is 0. The number of hydrogen-bond donors (Lipinski definition) is 2. The molecule has 8 rings (SSSR count). The number of aliphatic hydroxyl groups is 2. The molecule has 2 N–H and O–H groups in total. The van der Waals surface area contributed by atoms with Crippen molar-refractivity contribution in [3.63, 3.8) is 0 Å². The lowest BCUT2D eigenvalue weighted by Crippen LogP contribution is -2.65. The molecular formula is C26H44O2. The minimum Gasteiger partial charge on any atom is -0.390 e. The van der Waals surface area contributed by atoms with Crippen LogP contribution >= 0.6 is 0 Å². The molecule has 8 aliphatic carbocycles. The third-order valence-corrected chi connectivity index (χ3v) is 9.66. The van der Waals surface area contributed by atoms with Gasteiger partial charge in [-0.15, -0.1) is 0 Å². The van der Waals surface area contributed by atoms with Gasteiger partial charge in [0.1, 0.15) is 0 Å². The van der Waals surface area contributed by atoms with Gasteiger partial charge in [-0.2, -0.15) is 0 Å². The van der Waals surface area contributed by atoms with E-state index in [0.717, 1.165) is 25.7 Å². The van der Waals surface area contributed by atoms with Crippen LogP contribution in [0.15, 0.2) is 0 Å². The smallest absolute Gasteiger partial charge is 0.0685 e. The monoisotopic (exact) mass is 388 g/mol. The zero-order valence-corrected chi connectivity index (χ0v) is 19.4. The van der Waals surface area contributed by atoms with Gasteiger partial charge < -0.3 is 10.2 Å². The Bertz CT molecular complexity index is 456. The molecule has 0 atom stereocenters. The first-order valence-corrected chi connectivity index (χ1v) is 11.9. The second-order valence-corrected chi connectivity index (χ2v) is 15.4. The largest absolute Gasteiger partial charge is 0.390 e. The van der Waals surface area contributed by atoms with Crippen molar-refractivity contribution in [3.8, 4) is 0 Å². The van der Waals surface area contributed by atoms with E-state index in [1.54, 1.807) is 0 Å². The third kappa shape index (κ3) is 3.11. The Morgan fingerprint density at radius 2 is 0.500 bits per heavy atom. The Balaban J connectivity index is 0.000000122. The summed E-state index contributed by atoms with van der Waals surface area (Å²) in [6.45, 7) is 14.7. The number of hydrogen-bond acceptors (Lipinski definition) is 2. The van der Waals surface area contributed by atoms with Crippen LogP contribution in [0, 0.1) is 32.5 Å². The summed E-state index contributed by atoms with van der Waals surface area (Å²) in [6, 6.07) is 0. The summed E-state index contributed by atoms with van der Waals surface area (Å²) in [5.74, 6) is 0. The fourth-order valence-electron chi connectivity index (χ4n) is 12.5. The normalized spacial score (nSPS) is 66.0. The molecule has 0 aromatic heterocycles. The summed E-state index contributed by atoms with van der Waals surface area (Å²) in [6.07, 6.45) is 14.4. The second kappa shape index (κ2) is 5.04. The van der Waals surface area contributed by atoms with Gasteiger partial charge >= 0.3 is 0 Å². The lowest BCUT2D eigenvalue weighted by Gasteiger charge is -2.68. The van der Waals surface area contributed by atoms with Crippen LogP contribution in [0.3, 0.4) is 0 Å². The minimum absolute atomic E-state index is 0.188. The van der Waals surface area contributed by atoms with E-state index in [0.29, 0.717) is 28.1 Å². The van der Waals surface area contributed by atoms with Crippen molar-refractivity contribution < 1.29 is 10.2 Å². The summed E-state index contributed by atoms with van der Waals surface area (Å²) >= 11 is 0. The summed E-state index contributed by atoms with van der Waals surface area (Å²) in [5.41, 5.74) is 2.00. The Kier molecular flexibility index (Phi) is 3.57. The first-order valence-electron chi connectivity index (χ1n) is 11.9. The van der Waals surface area contributed by atoms with Crippen molar-refractivity contribution in [2.75, 3.05) is 0 Å². The average molecular weight is 389 g/mol. The average Bonchev–Trinajstić information content (AvgIpc) is 2.21. The van der Waals surface area contributed by atoms with E-state index in [2.05, 4.69) is 41.5 Å². The van der Waals surface area contributed by atoms with Crippen LogP contribution in [0.2, 0.25) is 0 Å². The van der Waals surface area contributed by atoms with Crippen molar-refractivity contribution in [3.05, 3.63) is 0 Å². The molecule has 0 aliphatic heterocycles. The first kappa shape index (κ1) is 19.9. The van der Waals surface area contributed by atoms with Gasteiger partial charge in [-0.1, -0.05) is 41.5 Å².